The van der Waals surface area contributed by atoms with E-state index >= 15 is 0 Å². The minimum atomic E-state index is -0.306. The van der Waals surface area contributed by atoms with Gasteiger partial charge in [0.05, 0.1) is 24.0 Å². The average Bonchev–Trinajstić information content (AvgIpc) is 3.28. The predicted molar refractivity (Wildman–Crippen MR) is 111 cm³/mol. The van der Waals surface area contributed by atoms with Crippen molar-refractivity contribution in [2.45, 2.75) is 51.3 Å². The number of hydrogen-bond donors (Lipinski definition) is 2. The van der Waals surface area contributed by atoms with Gasteiger partial charge in [-0.1, -0.05) is 13.8 Å². The molecule has 2 aromatic heterocycles. The molecule has 0 aliphatic carbocycles. The highest BCUT2D eigenvalue weighted by molar-refractivity contribution is 6.00. The molecule has 0 unspecified atom stereocenters. The second-order valence-corrected chi connectivity index (χ2v) is 8.11. The van der Waals surface area contributed by atoms with Crippen LogP contribution in [0.15, 0.2) is 24.8 Å². The van der Waals surface area contributed by atoms with Gasteiger partial charge in [0.15, 0.2) is 0 Å². The number of hydrogen-bond acceptors (Lipinski definition) is 7. The molecule has 2 aliphatic heterocycles. The Kier molecular flexibility index (Phi) is 5.66. The van der Waals surface area contributed by atoms with Gasteiger partial charge >= 0.3 is 0 Å². The maximum Gasteiger partial charge on any atom is 0.249 e. The van der Waals surface area contributed by atoms with Gasteiger partial charge in [0, 0.05) is 32.5 Å². The summed E-state index contributed by atoms with van der Waals surface area (Å²) in [5.74, 6) is 1.86. The largest absolute Gasteiger partial charge is 0.376 e. The lowest BCUT2D eigenvalue weighted by Crippen LogP contribution is -2.43. The quantitative estimate of drug-likeness (QED) is 0.767. The zero-order chi connectivity index (χ0) is 20.4. The van der Waals surface area contributed by atoms with E-state index in [1.165, 1.54) is 6.33 Å². The summed E-state index contributed by atoms with van der Waals surface area (Å²) < 4.78 is 7.65. The molecule has 2 saturated heterocycles. The van der Waals surface area contributed by atoms with Crippen LogP contribution in [0.2, 0.25) is 0 Å². The van der Waals surface area contributed by atoms with E-state index in [0.29, 0.717) is 24.7 Å². The van der Waals surface area contributed by atoms with E-state index < -0.39 is 0 Å². The van der Waals surface area contributed by atoms with Crippen molar-refractivity contribution in [1.29, 1.82) is 0 Å². The molecule has 9 heteroatoms. The van der Waals surface area contributed by atoms with Gasteiger partial charge in [0.25, 0.3) is 0 Å². The van der Waals surface area contributed by atoms with Gasteiger partial charge in [-0.15, -0.1) is 0 Å². The zero-order valence-corrected chi connectivity index (χ0v) is 17.2. The second kappa shape index (κ2) is 8.36. The molecule has 156 valence electrons. The Labute approximate surface area is 170 Å². The number of ether oxygens (including phenoxy) is 1. The molecule has 0 aromatic carbocycles. The Bertz CT molecular complexity index is 853. The number of nitrogens with one attached hydrogen (secondary N) is 2. The van der Waals surface area contributed by atoms with Crippen LogP contribution in [-0.4, -0.2) is 57.0 Å². The van der Waals surface area contributed by atoms with Gasteiger partial charge in [0.1, 0.15) is 24.0 Å². The summed E-state index contributed by atoms with van der Waals surface area (Å²) in [7, 11) is 1.84. The molecule has 0 bridgehead atoms. The van der Waals surface area contributed by atoms with E-state index in [-0.39, 0.29) is 24.1 Å². The number of anilines is 3. The van der Waals surface area contributed by atoms with E-state index in [1.807, 2.05) is 19.3 Å². The number of amides is 1. The highest BCUT2D eigenvalue weighted by Gasteiger charge is 2.33. The molecule has 2 aromatic rings. The molecule has 2 aliphatic rings. The first-order valence-corrected chi connectivity index (χ1v) is 10.3. The summed E-state index contributed by atoms with van der Waals surface area (Å²) in [6, 6.07) is 1.78. The molecule has 2 N–H and O–H groups in total. The van der Waals surface area contributed by atoms with Crippen molar-refractivity contribution < 1.29 is 9.53 Å². The fourth-order valence-corrected chi connectivity index (χ4v) is 4.12. The van der Waals surface area contributed by atoms with Crippen LogP contribution in [0, 0.1) is 5.92 Å². The first kappa shape index (κ1) is 19.6. The molecule has 3 atom stereocenters. The van der Waals surface area contributed by atoms with Crippen LogP contribution in [0.5, 0.6) is 0 Å². The first-order valence-electron chi connectivity index (χ1n) is 10.3. The molecule has 9 nitrogen and oxygen atoms in total. The van der Waals surface area contributed by atoms with E-state index in [9.17, 15) is 4.79 Å². The molecule has 0 saturated carbocycles. The molecule has 1 amide bonds. The van der Waals surface area contributed by atoms with Crippen LogP contribution in [0.25, 0.3) is 0 Å². The normalized spacial score (nSPS) is 24.9. The van der Waals surface area contributed by atoms with E-state index in [1.54, 1.807) is 15.8 Å². The maximum atomic E-state index is 12.8. The maximum absolute atomic E-state index is 12.8. The average molecular weight is 399 g/mol. The Morgan fingerprint density at radius 1 is 1.21 bits per heavy atom. The smallest absolute Gasteiger partial charge is 0.249 e. The summed E-state index contributed by atoms with van der Waals surface area (Å²) in [6.45, 7) is 5.83. The second-order valence-electron chi connectivity index (χ2n) is 8.11. The fourth-order valence-electron chi connectivity index (χ4n) is 4.12. The lowest BCUT2D eigenvalue weighted by atomic mass is 9.94. The van der Waals surface area contributed by atoms with E-state index in [4.69, 9.17) is 4.74 Å². The molecular formula is C20H29N7O2. The Morgan fingerprint density at radius 2 is 2.00 bits per heavy atom. The summed E-state index contributed by atoms with van der Waals surface area (Å²) in [4.78, 5) is 23.2. The number of carbonyl (C=O) groups is 1. The fraction of sp³-hybridized carbons (Fsp3) is 0.600. The van der Waals surface area contributed by atoms with Crippen LogP contribution in [0.4, 0.5) is 17.3 Å². The molecule has 2 fully saturated rings. The van der Waals surface area contributed by atoms with Crippen LogP contribution < -0.4 is 15.5 Å². The molecule has 29 heavy (non-hydrogen) atoms. The highest BCUT2D eigenvalue weighted by Crippen LogP contribution is 2.25. The lowest BCUT2D eigenvalue weighted by Gasteiger charge is -2.35. The minimum absolute atomic E-state index is 0.0340. The predicted octanol–water partition coefficient (Wildman–Crippen LogP) is 2.04. The standard InChI is InChI=1S/C20H29N7O2/c1-13(2)19-15(5-4-8-29-19)24-17-9-18(22-12-21-17)25-16-6-7-27(20(16)28)14-10-23-26(3)11-14/h9-13,15-16,19H,4-8H2,1-3H3,(H2,21,22,24,25)/t15-,16-,19-/m0/s1. The van der Waals surface area contributed by atoms with Crippen molar-refractivity contribution in [2.24, 2.45) is 13.0 Å². The summed E-state index contributed by atoms with van der Waals surface area (Å²) in [6.07, 6.45) is 8.06. The van der Waals surface area contributed by atoms with Crippen molar-refractivity contribution >= 4 is 23.2 Å². The van der Waals surface area contributed by atoms with Gasteiger partial charge < -0.3 is 20.3 Å². The minimum Gasteiger partial charge on any atom is -0.376 e. The summed E-state index contributed by atoms with van der Waals surface area (Å²) in [5, 5.41) is 10.9. The topological polar surface area (TPSA) is 97.2 Å². The van der Waals surface area contributed by atoms with Gasteiger partial charge in [-0.3, -0.25) is 9.48 Å². The zero-order valence-electron chi connectivity index (χ0n) is 17.2. The van der Waals surface area contributed by atoms with E-state index in [0.717, 1.165) is 31.0 Å². The molecule has 0 radical (unpaired) electrons. The number of rotatable bonds is 6. The van der Waals surface area contributed by atoms with Crippen molar-refractivity contribution in [3.05, 3.63) is 24.8 Å². The molecule has 4 rings (SSSR count). The van der Waals surface area contributed by atoms with Crippen LogP contribution >= 0.6 is 0 Å². The monoisotopic (exact) mass is 399 g/mol. The molecule has 0 spiro atoms. The number of carbonyl (C=O) groups excluding carboxylic acids is 1. The highest BCUT2D eigenvalue weighted by atomic mass is 16.5. The third-order valence-corrected chi connectivity index (χ3v) is 5.55. The Morgan fingerprint density at radius 3 is 2.72 bits per heavy atom. The molecule has 4 heterocycles. The number of aryl methyl sites for hydroxylation is 1. The van der Waals surface area contributed by atoms with Crippen molar-refractivity contribution in [2.75, 3.05) is 28.7 Å². The van der Waals surface area contributed by atoms with Gasteiger partial charge in [0.2, 0.25) is 5.91 Å². The number of nitrogens with zero attached hydrogens (tertiary/aromatic N) is 5. The third-order valence-electron chi connectivity index (χ3n) is 5.55. The van der Waals surface area contributed by atoms with Crippen molar-refractivity contribution in [3.8, 4) is 0 Å². The van der Waals surface area contributed by atoms with Gasteiger partial charge in [-0.05, 0) is 25.2 Å². The van der Waals surface area contributed by atoms with E-state index in [2.05, 4.69) is 39.5 Å². The SMILES string of the molecule is CC(C)[C@@H]1OCCC[C@@H]1Nc1cc(N[C@H]2CCN(c3cnn(C)c3)C2=O)ncn1. The summed E-state index contributed by atoms with van der Waals surface area (Å²) in [5.41, 5.74) is 0.823. The lowest BCUT2D eigenvalue weighted by molar-refractivity contribution is -0.117. The van der Waals surface area contributed by atoms with Crippen LogP contribution in [0.3, 0.4) is 0 Å². The Hall–Kier alpha value is -2.68. The van der Waals surface area contributed by atoms with Gasteiger partial charge in [-0.2, -0.15) is 5.10 Å². The van der Waals surface area contributed by atoms with Crippen molar-refractivity contribution in [1.82, 2.24) is 19.7 Å². The molecular weight excluding hydrogens is 370 g/mol. The third kappa shape index (κ3) is 4.34. The van der Waals surface area contributed by atoms with Gasteiger partial charge in [-0.25, -0.2) is 9.97 Å². The summed E-state index contributed by atoms with van der Waals surface area (Å²) >= 11 is 0. The van der Waals surface area contributed by atoms with Crippen LogP contribution in [-0.2, 0) is 16.6 Å². The Balaban J connectivity index is 1.41. The number of aromatic nitrogens is 4. The first-order chi connectivity index (χ1) is 14.0. The van der Waals surface area contributed by atoms with Crippen LogP contribution in [0.1, 0.15) is 33.1 Å². The van der Waals surface area contributed by atoms with Crippen molar-refractivity contribution in [3.63, 3.8) is 0 Å².